The SMILES string of the molecule is COc1cccc(C(=O)O[C@H](C(=O)O)[C@H](OC(=O)c2cccc(OC)c2)C(=O)NNC(=O)c2ccc(NC(=O)C(C)(C)C)cc2)c1. The number of benzene rings is 3. The van der Waals surface area contributed by atoms with Gasteiger partial charge in [0.15, 0.2) is 0 Å². The Morgan fingerprint density at radius 2 is 1.17 bits per heavy atom. The second-order valence-electron chi connectivity index (χ2n) is 10.7. The highest BCUT2D eigenvalue weighted by atomic mass is 16.6. The zero-order chi connectivity index (χ0) is 34.0. The van der Waals surface area contributed by atoms with Crippen LogP contribution < -0.4 is 25.6 Å². The van der Waals surface area contributed by atoms with Gasteiger partial charge in [0.2, 0.25) is 18.1 Å². The standard InChI is InChI=1S/C32H33N3O11/c1-32(2,3)31(42)33-21-14-12-18(13-15-21)26(36)34-35-27(37)24(45-29(40)19-8-6-10-22(16-19)43-4)25(28(38)39)46-30(41)20-9-7-11-23(17-20)44-5/h6-17,24-25H,1-5H3,(H,33,42)(H,34,36)(H,35,37)(H,38,39)/t24-,25-/m0/s1. The highest BCUT2D eigenvalue weighted by molar-refractivity contribution is 6.00. The molecule has 0 aliphatic rings. The van der Waals surface area contributed by atoms with Crippen molar-refractivity contribution in [3.05, 3.63) is 89.5 Å². The highest BCUT2D eigenvalue weighted by Crippen LogP contribution is 2.20. The molecule has 2 atom stereocenters. The minimum absolute atomic E-state index is 0.0539. The van der Waals surface area contributed by atoms with Gasteiger partial charge in [-0.25, -0.2) is 14.4 Å². The molecule has 0 radical (unpaired) electrons. The largest absolute Gasteiger partial charge is 0.497 e. The van der Waals surface area contributed by atoms with Gasteiger partial charge in [-0.05, 0) is 60.7 Å². The number of methoxy groups -OCH3 is 2. The molecule has 0 fully saturated rings. The highest BCUT2D eigenvalue weighted by Gasteiger charge is 2.41. The number of rotatable bonds is 11. The second kappa shape index (κ2) is 15.2. The normalized spacial score (nSPS) is 12.0. The van der Waals surface area contributed by atoms with E-state index in [0.717, 1.165) is 0 Å². The summed E-state index contributed by atoms with van der Waals surface area (Å²) in [7, 11) is 2.72. The molecule has 0 aromatic heterocycles. The Labute approximate surface area is 263 Å². The van der Waals surface area contributed by atoms with Gasteiger partial charge in [-0.1, -0.05) is 32.9 Å². The van der Waals surface area contributed by atoms with Crippen LogP contribution in [0.2, 0.25) is 0 Å². The van der Waals surface area contributed by atoms with Gasteiger partial charge in [-0.15, -0.1) is 0 Å². The third-order valence-corrected chi connectivity index (χ3v) is 6.24. The van der Waals surface area contributed by atoms with E-state index < -0.39 is 47.3 Å². The van der Waals surface area contributed by atoms with Crippen LogP contribution in [0.1, 0.15) is 51.8 Å². The van der Waals surface area contributed by atoms with Crippen LogP contribution in [0, 0.1) is 5.41 Å². The Hall–Kier alpha value is -5.92. The van der Waals surface area contributed by atoms with E-state index >= 15 is 0 Å². The Bertz CT molecular complexity index is 1610. The smallest absolute Gasteiger partial charge is 0.349 e. The van der Waals surface area contributed by atoms with Gasteiger partial charge < -0.3 is 29.4 Å². The second-order valence-corrected chi connectivity index (χ2v) is 10.7. The molecule has 3 amide bonds. The van der Waals surface area contributed by atoms with Gasteiger partial charge in [0.25, 0.3) is 11.8 Å². The summed E-state index contributed by atoms with van der Waals surface area (Å²) in [6.07, 6.45) is -4.63. The summed E-state index contributed by atoms with van der Waals surface area (Å²) in [6, 6.07) is 16.9. The van der Waals surface area contributed by atoms with Crippen LogP contribution in [0.25, 0.3) is 0 Å². The minimum atomic E-state index is -2.35. The summed E-state index contributed by atoms with van der Waals surface area (Å²) >= 11 is 0. The molecule has 0 spiro atoms. The molecule has 4 N–H and O–H groups in total. The molecule has 0 aliphatic heterocycles. The molecule has 0 bridgehead atoms. The number of ether oxygens (including phenoxy) is 4. The van der Waals surface area contributed by atoms with E-state index in [1.165, 1.54) is 87.0 Å². The van der Waals surface area contributed by atoms with Crippen molar-refractivity contribution in [2.75, 3.05) is 19.5 Å². The van der Waals surface area contributed by atoms with Crippen LogP contribution in [0.5, 0.6) is 11.5 Å². The number of amides is 3. The predicted molar refractivity (Wildman–Crippen MR) is 162 cm³/mol. The van der Waals surface area contributed by atoms with Gasteiger partial charge in [0.05, 0.1) is 25.3 Å². The molecular weight excluding hydrogens is 602 g/mol. The van der Waals surface area contributed by atoms with Crippen molar-refractivity contribution >= 4 is 41.3 Å². The van der Waals surface area contributed by atoms with Crippen molar-refractivity contribution in [3.8, 4) is 11.5 Å². The fourth-order valence-electron chi connectivity index (χ4n) is 3.65. The number of esters is 2. The van der Waals surface area contributed by atoms with Crippen LogP contribution in [0.4, 0.5) is 5.69 Å². The molecule has 0 heterocycles. The van der Waals surface area contributed by atoms with E-state index in [0.29, 0.717) is 5.69 Å². The number of nitrogens with one attached hydrogen (secondary N) is 3. The first-order chi connectivity index (χ1) is 21.7. The number of hydrogen-bond donors (Lipinski definition) is 4. The minimum Gasteiger partial charge on any atom is -0.497 e. The number of hydrogen-bond acceptors (Lipinski definition) is 10. The van der Waals surface area contributed by atoms with Crippen molar-refractivity contribution in [3.63, 3.8) is 0 Å². The van der Waals surface area contributed by atoms with Gasteiger partial charge in [0.1, 0.15) is 11.5 Å². The van der Waals surface area contributed by atoms with Crippen LogP contribution in [-0.4, -0.2) is 67.2 Å². The average molecular weight is 636 g/mol. The van der Waals surface area contributed by atoms with E-state index in [9.17, 15) is 33.9 Å². The van der Waals surface area contributed by atoms with E-state index in [1.807, 2.05) is 5.43 Å². The van der Waals surface area contributed by atoms with Crippen LogP contribution >= 0.6 is 0 Å². The predicted octanol–water partition coefficient (Wildman–Crippen LogP) is 2.99. The Morgan fingerprint density at radius 1 is 0.674 bits per heavy atom. The first-order valence-corrected chi connectivity index (χ1v) is 13.7. The quantitative estimate of drug-likeness (QED) is 0.179. The Balaban J connectivity index is 1.82. The summed E-state index contributed by atoms with van der Waals surface area (Å²) in [5.41, 5.74) is 3.72. The maximum absolute atomic E-state index is 13.3. The zero-order valence-electron chi connectivity index (χ0n) is 25.6. The van der Waals surface area contributed by atoms with Gasteiger partial charge >= 0.3 is 17.9 Å². The van der Waals surface area contributed by atoms with Gasteiger partial charge in [-0.2, -0.15) is 0 Å². The average Bonchev–Trinajstić information content (AvgIpc) is 3.04. The van der Waals surface area contributed by atoms with Gasteiger partial charge in [-0.3, -0.25) is 25.2 Å². The van der Waals surface area contributed by atoms with Crippen LogP contribution in [0.15, 0.2) is 72.8 Å². The first kappa shape index (κ1) is 34.6. The number of hydrazine groups is 1. The fraction of sp³-hybridized carbons (Fsp3) is 0.250. The summed E-state index contributed by atoms with van der Waals surface area (Å²) in [6.45, 7) is 5.22. The van der Waals surface area contributed by atoms with E-state index in [2.05, 4.69) is 10.7 Å². The summed E-state index contributed by atoms with van der Waals surface area (Å²) in [5.74, 6) is -6.00. The molecule has 0 saturated carbocycles. The molecule has 14 nitrogen and oxygen atoms in total. The van der Waals surface area contributed by atoms with Crippen molar-refractivity contribution < 1.29 is 52.8 Å². The molecule has 3 rings (SSSR count). The molecule has 0 saturated heterocycles. The molecule has 0 aliphatic carbocycles. The molecule has 3 aromatic carbocycles. The number of carbonyl (C=O) groups excluding carboxylic acids is 5. The summed E-state index contributed by atoms with van der Waals surface area (Å²) in [5, 5.41) is 12.6. The number of carbonyl (C=O) groups is 6. The third kappa shape index (κ3) is 9.29. The van der Waals surface area contributed by atoms with E-state index in [4.69, 9.17) is 18.9 Å². The van der Waals surface area contributed by atoms with Crippen molar-refractivity contribution in [2.24, 2.45) is 5.41 Å². The van der Waals surface area contributed by atoms with Crippen molar-refractivity contribution in [1.82, 2.24) is 10.9 Å². The number of carboxylic acids is 1. The lowest BCUT2D eigenvalue weighted by atomic mass is 9.95. The van der Waals surface area contributed by atoms with Crippen molar-refractivity contribution in [1.29, 1.82) is 0 Å². The molecule has 242 valence electrons. The maximum Gasteiger partial charge on any atom is 0.349 e. The Kier molecular flexibility index (Phi) is 11.4. The number of carboxylic acid groups (broad SMARTS) is 1. The maximum atomic E-state index is 13.3. The third-order valence-electron chi connectivity index (χ3n) is 6.24. The van der Waals surface area contributed by atoms with Crippen LogP contribution in [-0.2, 0) is 23.9 Å². The molecule has 3 aromatic rings. The van der Waals surface area contributed by atoms with E-state index in [-0.39, 0.29) is 34.1 Å². The van der Waals surface area contributed by atoms with Gasteiger partial charge in [0, 0.05) is 16.7 Å². The molecule has 14 heteroatoms. The van der Waals surface area contributed by atoms with Crippen molar-refractivity contribution in [2.45, 2.75) is 33.0 Å². The summed E-state index contributed by atoms with van der Waals surface area (Å²) in [4.78, 5) is 76.4. The van der Waals surface area contributed by atoms with E-state index in [1.54, 1.807) is 20.8 Å². The van der Waals surface area contributed by atoms with Crippen LogP contribution in [0.3, 0.4) is 0 Å². The lowest BCUT2D eigenvalue weighted by Gasteiger charge is -2.23. The lowest BCUT2D eigenvalue weighted by molar-refractivity contribution is -0.159. The first-order valence-electron chi connectivity index (χ1n) is 13.7. The fourth-order valence-corrected chi connectivity index (χ4v) is 3.65. The number of anilines is 1. The molecule has 0 unspecified atom stereocenters. The monoisotopic (exact) mass is 635 g/mol. The Morgan fingerprint density at radius 3 is 1.63 bits per heavy atom. The number of aliphatic carboxylic acids is 1. The topological polar surface area (TPSA) is 196 Å². The lowest BCUT2D eigenvalue weighted by Crippen LogP contribution is -2.54. The summed E-state index contributed by atoms with van der Waals surface area (Å²) < 4.78 is 20.5. The zero-order valence-corrected chi connectivity index (χ0v) is 25.6. The molecule has 46 heavy (non-hydrogen) atoms. The molecular formula is C32H33N3O11.